The number of esters is 2. The second-order valence-electron chi connectivity index (χ2n) is 14.1. The van der Waals surface area contributed by atoms with Gasteiger partial charge in [0, 0.05) is 12.8 Å². The largest absolute Gasteiger partial charge is 0.480 e. The van der Waals surface area contributed by atoms with Gasteiger partial charge in [-0.25, -0.2) is 4.57 Å². The molecule has 1 unspecified atom stereocenters. The van der Waals surface area contributed by atoms with Crippen LogP contribution < -0.4 is 5.73 Å². The molecule has 0 heterocycles. The van der Waals surface area contributed by atoms with E-state index in [1.165, 1.54) is 44.9 Å². The molecule has 0 aliphatic carbocycles. The minimum absolute atomic E-state index is 0.100. The molecule has 0 amide bonds. The van der Waals surface area contributed by atoms with Gasteiger partial charge in [0.2, 0.25) is 0 Å². The highest BCUT2D eigenvalue weighted by Gasteiger charge is 2.28. The third-order valence-corrected chi connectivity index (χ3v) is 9.57. The molecule has 4 N–H and O–H groups in total. The van der Waals surface area contributed by atoms with Crippen LogP contribution in [0.5, 0.6) is 0 Å². The zero-order chi connectivity index (χ0) is 42.8. The molecule has 0 aromatic heterocycles. The van der Waals surface area contributed by atoms with E-state index in [1.54, 1.807) is 0 Å². The molecule has 0 fully saturated rings. The number of hydrogen-bond acceptors (Lipinski definition) is 9. The fraction of sp³-hybridized carbons (Fsp3) is 0.630. The van der Waals surface area contributed by atoms with Crippen molar-refractivity contribution in [1.82, 2.24) is 0 Å². The van der Waals surface area contributed by atoms with E-state index in [0.717, 1.165) is 70.6 Å². The first-order valence-corrected chi connectivity index (χ1v) is 23.1. The van der Waals surface area contributed by atoms with E-state index >= 15 is 0 Å². The lowest BCUT2D eigenvalue weighted by Gasteiger charge is -2.20. The Labute approximate surface area is 350 Å². The summed E-state index contributed by atoms with van der Waals surface area (Å²) in [6.45, 7) is 2.65. The normalized spacial score (nSPS) is 14.6. The van der Waals surface area contributed by atoms with E-state index in [-0.39, 0.29) is 19.4 Å². The van der Waals surface area contributed by atoms with Crippen LogP contribution in [0.3, 0.4) is 0 Å². The Hall–Kier alpha value is -3.34. The van der Waals surface area contributed by atoms with Crippen LogP contribution in [-0.2, 0) is 37.5 Å². The molecule has 0 bridgehead atoms. The van der Waals surface area contributed by atoms with Crippen LogP contribution in [0.2, 0.25) is 0 Å². The molecule has 0 aromatic carbocycles. The van der Waals surface area contributed by atoms with Crippen molar-refractivity contribution in [2.45, 2.75) is 167 Å². The van der Waals surface area contributed by atoms with E-state index in [0.29, 0.717) is 12.8 Å². The molecular weight excluding hydrogens is 757 g/mol. The number of aliphatic carboxylic acids is 1. The summed E-state index contributed by atoms with van der Waals surface area (Å²) < 4.78 is 32.6. The number of nitrogens with two attached hydrogens (primary N) is 1. The lowest BCUT2D eigenvalue weighted by molar-refractivity contribution is -0.161. The Bertz CT molecular complexity index is 1300. The van der Waals surface area contributed by atoms with Crippen LogP contribution in [0.25, 0.3) is 0 Å². The number of allylic oxidation sites excluding steroid dienone is 14. The van der Waals surface area contributed by atoms with Crippen LogP contribution in [0.4, 0.5) is 0 Å². The number of unbranched alkanes of at least 4 members (excludes halogenated alkanes) is 11. The van der Waals surface area contributed by atoms with Crippen LogP contribution >= 0.6 is 7.82 Å². The van der Waals surface area contributed by atoms with Crippen molar-refractivity contribution >= 4 is 25.7 Å². The predicted molar refractivity (Wildman–Crippen MR) is 235 cm³/mol. The lowest BCUT2D eigenvalue weighted by Crippen LogP contribution is -2.34. The van der Waals surface area contributed by atoms with E-state index in [4.69, 9.17) is 24.8 Å². The molecule has 3 atom stereocenters. The zero-order valence-corrected chi connectivity index (χ0v) is 36.5. The average Bonchev–Trinajstić information content (AvgIpc) is 3.20. The maximum Gasteiger partial charge on any atom is 0.472 e. The molecule has 0 radical (unpaired) electrons. The topological polar surface area (TPSA) is 172 Å². The first kappa shape index (κ1) is 54.7. The summed E-state index contributed by atoms with van der Waals surface area (Å²) in [7, 11) is -4.74. The summed E-state index contributed by atoms with van der Waals surface area (Å²) >= 11 is 0. The van der Waals surface area contributed by atoms with Crippen LogP contribution in [0.1, 0.15) is 155 Å². The van der Waals surface area contributed by atoms with Gasteiger partial charge in [-0.3, -0.25) is 23.4 Å². The van der Waals surface area contributed by atoms with E-state index in [1.807, 2.05) is 0 Å². The first-order chi connectivity index (χ1) is 28.1. The fourth-order valence-corrected chi connectivity index (χ4v) is 5.95. The van der Waals surface area contributed by atoms with Crippen LogP contribution in [-0.4, -0.2) is 59.9 Å². The molecule has 330 valence electrons. The summed E-state index contributed by atoms with van der Waals surface area (Å²) in [6.07, 6.45) is 49.3. The number of ether oxygens (including phenoxy) is 2. The van der Waals surface area contributed by atoms with E-state index < -0.39 is 51.1 Å². The van der Waals surface area contributed by atoms with Crippen molar-refractivity contribution in [3.05, 3.63) is 85.1 Å². The first-order valence-electron chi connectivity index (χ1n) is 21.6. The van der Waals surface area contributed by atoms with Crippen LogP contribution in [0, 0.1) is 0 Å². The minimum atomic E-state index is -4.74. The maximum absolute atomic E-state index is 12.6. The van der Waals surface area contributed by atoms with E-state index in [2.05, 4.69) is 103 Å². The SMILES string of the molecule is CCCCC/C=C/C/C=C/C/C=C/C/C=C/CCCCCC(=O)OC[C@H](COP(=O)(O)OC[C@H](N)C(=O)O)OC(=O)CCCC/C=C/C/C=C/C/C=C/CCCCC. The minimum Gasteiger partial charge on any atom is -0.480 e. The summed E-state index contributed by atoms with van der Waals surface area (Å²) in [6, 6.07) is -1.54. The summed E-state index contributed by atoms with van der Waals surface area (Å²) in [4.78, 5) is 45.9. The number of carboxylic acid groups (broad SMARTS) is 1. The van der Waals surface area contributed by atoms with Gasteiger partial charge < -0.3 is 25.2 Å². The molecule has 0 aromatic rings. The highest BCUT2D eigenvalue weighted by Crippen LogP contribution is 2.43. The van der Waals surface area contributed by atoms with Crippen molar-refractivity contribution in [2.75, 3.05) is 19.8 Å². The van der Waals surface area contributed by atoms with Gasteiger partial charge in [0.05, 0.1) is 13.2 Å². The van der Waals surface area contributed by atoms with Crippen molar-refractivity contribution in [1.29, 1.82) is 0 Å². The Balaban J connectivity index is 4.51. The van der Waals surface area contributed by atoms with Gasteiger partial charge >= 0.3 is 25.7 Å². The van der Waals surface area contributed by atoms with Crippen molar-refractivity contribution in [2.24, 2.45) is 5.73 Å². The number of carbonyl (C=O) groups is 3. The fourth-order valence-electron chi connectivity index (χ4n) is 5.17. The molecule has 11 nitrogen and oxygen atoms in total. The monoisotopic (exact) mass is 834 g/mol. The lowest BCUT2D eigenvalue weighted by atomic mass is 10.1. The Kier molecular flexibility index (Phi) is 38.1. The highest BCUT2D eigenvalue weighted by atomic mass is 31.2. The molecule has 12 heteroatoms. The Morgan fingerprint density at radius 1 is 0.534 bits per heavy atom. The van der Waals surface area contributed by atoms with Crippen molar-refractivity contribution in [3.8, 4) is 0 Å². The smallest absolute Gasteiger partial charge is 0.472 e. The number of carbonyl (C=O) groups excluding carboxylic acids is 2. The van der Waals surface area contributed by atoms with Crippen molar-refractivity contribution in [3.63, 3.8) is 0 Å². The predicted octanol–water partition coefficient (Wildman–Crippen LogP) is 11.5. The standard InChI is InChI=1S/C46H76NO10P/c1-3-5-7-9-11-13-15-17-19-20-21-22-24-25-27-29-31-33-35-37-44(48)54-39-42(40-55-58(52,53)56-41-43(47)46(50)51)57-45(49)38-36-34-32-30-28-26-23-18-16-14-12-10-8-6-4-2/h11-14,17-19,21-23,25,27-28,30,42-43H,3-10,15-16,20,24,26,29,31-41,47H2,1-2H3,(H,50,51)(H,52,53)/b13-11+,14-12+,19-17+,22-21+,23-18+,27-25+,30-28+/t42-,43+/m1/s1. The van der Waals surface area contributed by atoms with Gasteiger partial charge in [-0.05, 0) is 96.3 Å². The number of hydrogen-bond donors (Lipinski definition) is 3. The number of rotatable bonds is 39. The van der Waals surface area contributed by atoms with Gasteiger partial charge in [-0.15, -0.1) is 0 Å². The number of phosphoric ester groups is 1. The molecule has 0 spiro atoms. The molecule has 0 rings (SSSR count). The molecule has 0 saturated heterocycles. The summed E-state index contributed by atoms with van der Waals surface area (Å²) in [5.41, 5.74) is 5.32. The summed E-state index contributed by atoms with van der Waals surface area (Å²) in [5.74, 6) is -2.48. The quantitative estimate of drug-likeness (QED) is 0.0233. The average molecular weight is 834 g/mol. The molecular formula is C46H76NO10P. The number of carboxylic acids is 1. The van der Waals surface area contributed by atoms with Gasteiger partial charge in [-0.2, -0.15) is 0 Å². The van der Waals surface area contributed by atoms with E-state index in [9.17, 15) is 23.8 Å². The van der Waals surface area contributed by atoms with Crippen LogP contribution in [0.15, 0.2) is 85.1 Å². The second kappa shape index (κ2) is 40.4. The summed E-state index contributed by atoms with van der Waals surface area (Å²) in [5, 5.41) is 8.88. The van der Waals surface area contributed by atoms with Gasteiger partial charge in [0.1, 0.15) is 12.6 Å². The molecule has 58 heavy (non-hydrogen) atoms. The third kappa shape index (κ3) is 39.5. The second-order valence-corrected chi connectivity index (χ2v) is 15.6. The molecule has 0 saturated carbocycles. The third-order valence-electron chi connectivity index (χ3n) is 8.62. The van der Waals surface area contributed by atoms with Gasteiger partial charge in [0.15, 0.2) is 6.10 Å². The number of phosphoric acid groups is 1. The maximum atomic E-state index is 12.6. The molecule has 0 aliphatic heterocycles. The Morgan fingerprint density at radius 3 is 1.36 bits per heavy atom. The van der Waals surface area contributed by atoms with Crippen molar-refractivity contribution < 1.29 is 47.5 Å². The van der Waals surface area contributed by atoms with Gasteiger partial charge in [0.25, 0.3) is 0 Å². The molecule has 0 aliphatic rings. The van der Waals surface area contributed by atoms with Gasteiger partial charge in [-0.1, -0.05) is 131 Å². The Morgan fingerprint density at radius 2 is 0.914 bits per heavy atom. The highest BCUT2D eigenvalue weighted by molar-refractivity contribution is 7.47. The zero-order valence-electron chi connectivity index (χ0n) is 35.6.